The quantitative estimate of drug-likeness (QED) is 0.211. The molecule has 0 spiro atoms. The van der Waals surface area contributed by atoms with E-state index in [1.165, 1.54) is 6.07 Å². The second-order valence-corrected chi connectivity index (χ2v) is 8.17. The Balaban J connectivity index is 1.35. The van der Waals surface area contributed by atoms with E-state index < -0.39 is 11.6 Å². The van der Waals surface area contributed by atoms with Crippen molar-refractivity contribution < 1.29 is 17.9 Å². The van der Waals surface area contributed by atoms with Crippen molar-refractivity contribution in [2.45, 2.75) is 6.10 Å². The van der Waals surface area contributed by atoms with Crippen LogP contribution >= 0.6 is 0 Å². The Kier molecular flexibility index (Phi) is 5.91. The average molecular weight is 454 g/mol. The van der Waals surface area contributed by atoms with Gasteiger partial charge in [0.15, 0.2) is 11.6 Å². The Labute approximate surface area is 196 Å². The van der Waals surface area contributed by atoms with Gasteiger partial charge in [-0.05, 0) is 33.9 Å². The highest BCUT2D eigenvalue weighted by atomic mass is 19.2. The summed E-state index contributed by atoms with van der Waals surface area (Å²) in [4.78, 5) is 0. The van der Waals surface area contributed by atoms with Gasteiger partial charge in [0.05, 0.1) is 6.61 Å². The minimum atomic E-state index is -0.885. The number of rotatable bonds is 6. The maximum absolute atomic E-state index is 14.9. The van der Waals surface area contributed by atoms with Gasteiger partial charge in [-0.3, -0.25) is 0 Å². The van der Waals surface area contributed by atoms with E-state index in [2.05, 4.69) is 6.58 Å². The van der Waals surface area contributed by atoms with E-state index in [0.717, 1.165) is 16.7 Å². The molecule has 0 aliphatic carbocycles. The molecule has 5 rings (SSSR count). The van der Waals surface area contributed by atoms with Crippen LogP contribution in [0.4, 0.5) is 13.2 Å². The number of hydrogen-bond acceptors (Lipinski definition) is 1. The van der Waals surface area contributed by atoms with Gasteiger partial charge in [-0.15, -0.1) is 0 Å². The summed E-state index contributed by atoms with van der Waals surface area (Å²) in [7, 11) is 0. The number of benzene rings is 4. The maximum Gasteiger partial charge on any atom is 0.167 e. The summed E-state index contributed by atoms with van der Waals surface area (Å²) in [5.41, 5.74) is 4.66. The summed E-state index contributed by atoms with van der Waals surface area (Å²) in [6.45, 7) is 4.26. The molecule has 1 aliphatic heterocycles. The van der Waals surface area contributed by atoms with Gasteiger partial charge in [0.1, 0.15) is 11.9 Å². The Morgan fingerprint density at radius 2 is 1.18 bits per heavy atom. The number of hydrogen-bond donors (Lipinski definition) is 0. The lowest BCUT2D eigenvalue weighted by molar-refractivity contribution is 0.408. The standard InChI is InChI=1S/C30H21F3O/c1-2-19-5-10-22(11-6-19)24-15-16-25(30(33)29(24)32)23-12-7-20(8-13-23)3-4-21-9-14-26(27(31)17-21)28-18-34-28/h2-17,28H,1,18H2/b4-3+. The molecule has 4 aromatic rings. The van der Waals surface area contributed by atoms with Crippen molar-refractivity contribution in [2.75, 3.05) is 6.61 Å². The van der Waals surface area contributed by atoms with Crippen molar-refractivity contribution in [3.05, 3.63) is 125 Å². The molecule has 1 saturated heterocycles. The molecule has 1 fully saturated rings. The molecule has 1 atom stereocenters. The third kappa shape index (κ3) is 4.45. The van der Waals surface area contributed by atoms with Crippen LogP contribution in [0.5, 0.6) is 0 Å². The smallest absolute Gasteiger partial charge is 0.167 e. The molecule has 168 valence electrons. The topological polar surface area (TPSA) is 12.5 Å². The first-order valence-corrected chi connectivity index (χ1v) is 10.9. The minimum Gasteiger partial charge on any atom is -0.368 e. The van der Waals surface area contributed by atoms with Gasteiger partial charge >= 0.3 is 0 Å². The molecular weight excluding hydrogens is 433 g/mol. The van der Waals surface area contributed by atoms with Gasteiger partial charge in [-0.25, -0.2) is 13.2 Å². The first kappa shape index (κ1) is 21.9. The van der Waals surface area contributed by atoms with Crippen LogP contribution in [-0.4, -0.2) is 6.61 Å². The molecule has 0 bridgehead atoms. The third-order valence-electron chi connectivity index (χ3n) is 5.93. The molecule has 1 aliphatic rings. The summed E-state index contributed by atoms with van der Waals surface area (Å²) >= 11 is 0. The van der Waals surface area contributed by atoms with Crippen molar-refractivity contribution in [1.82, 2.24) is 0 Å². The second-order valence-electron chi connectivity index (χ2n) is 8.17. The molecule has 0 radical (unpaired) electrons. The van der Waals surface area contributed by atoms with Crippen LogP contribution in [0.25, 0.3) is 40.5 Å². The van der Waals surface area contributed by atoms with Gasteiger partial charge in [-0.2, -0.15) is 0 Å². The molecule has 1 heterocycles. The van der Waals surface area contributed by atoms with Crippen LogP contribution in [0.1, 0.15) is 28.4 Å². The SMILES string of the molecule is C=Cc1ccc(-c2ccc(-c3ccc(/C=C/c4ccc(C5CO5)c(F)c4)cc3)c(F)c2F)cc1. The van der Waals surface area contributed by atoms with E-state index >= 15 is 0 Å². The highest BCUT2D eigenvalue weighted by molar-refractivity contribution is 5.75. The molecule has 4 aromatic carbocycles. The molecule has 4 heteroatoms. The van der Waals surface area contributed by atoms with Crippen LogP contribution in [0, 0.1) is 17.5 Å². The Hall–Kier alpha value is -3.89. The van der Waals surface area contributed by atoms with Crippen LogP contribution in [0.15, 0.2) is 85.4 Å². The molecular formula is C30H21F3O. The van der Waals surface area contributed by atoms with Gasteiger partial charge < -0.3 is 4.74 Å². The van der Waals surface area contributed by atoms with Gasteiger partial charge in [0.25, 0.3) is 0 Å². The first-order valence-electron chi connectivity index (χ1n) is 10.9. The highest BCUT2D eigenvalue weighted by Crippen LogP contribution is 2.33. The van der Waals surface area contributed by atoms with E-state index in [9.17, 15) is 13.2 Å². The summed E-state index contributed by atoms with van der Waals surface area (Å²) in [6.07, 6.45) is 5.23. The van der Waals surface area contributed by atoms with Crippen molar-refractivity contribution in [3.63, 3.8) is 0 Å². The molecule has 1 unspecified atom stereocenters. The van der Waals surface area contributed by atoms with E-state index in [-0.39, 0.29) is 23.0 Å². The predicted molar refractivity (Wildman–Crippen MR) is 131 cm³/mol. The lowest BCUT2D eigenvalue weighted by Gasteiger charge is -2.10. The van der Waals surface area contributed by atoms with Crippen LogP contribution in [0.3, 0.4) is 0 Å². The molecule has 0 amide bonds. The maximum atomic E-state index is 14.9. The Morgan fingerprint density at radius 3 is 1.68 bits per heavy atom. The number of epoxide rings is 1. The zero-order chi connectivity index (χ0) is 23.7. The molecule has 0 N–H and O–H groups in total. The van der Waals surface area contributed by atoms with E-state index in [1.54, 1.807) is 48.5 Å². The Bertz CT molecular complexity index is 1380. The monoisotopic (exact) mass is 454 g/mol. The third-order valence-corrected chi connectivity index (χ3v) is 5.93. The summed E-state index contributed by atoms with van der Waals surface area (Å²) in [6, 6.07) is 22.5. The molecule has 0 aromatic heterocycles. The second kappa shape index (κ2) is 9.16. The van der Waals surface area contributed by atoms with Crippen LogP contribution in [-0.2, 0) is 4.74 Å². The first-order chi connectivity index (χ1) is 16.5. The lowest BCUT2D eigenvalue weighted by Crippen LogP contribution is -1.94. The fraction of sp³-hybridized carbons (Fsp3) is 0.0667. The normalized spacial score (nSPS) is 15.0. The van der Waals surface area contributed by atoms with Gasteiger partial charge in [0.2, 0.25) is 0 Å². The van der Waals surface area contributed by atoms with Crippen molar-refractivity contribution >= 4 is 18.2 Å². The zero-order valence-corrected chi connectivity index (χ0v) is 18.3. The van der Waals surface area contributed by atoms with Crippen LogP contribution < -0.4 is 0 Å². The fourth-order valence-electron chi connectivity index (χ4n) is 3.90. The van der Waals surface area contributed by atoms with Gasteiger partial charge in [0, 0.05) is 16.7 Å². The zero-order valence-electron chi connectivity index (χ0n) is 18.3. The van der Waals surface area contributed by atoms with E-state index in [4.69, 9.17) is 4.74 Å². The van der Waals surface area contributed by atoms with E-state index in [1.807, 2.05) is 42.5 Å². The predicted octanol–water partition coefficient (Wildman–Crippen LogP) is 8.32. The lowest BCUT2D eigenvalue weighted by atomic mass is 9.97. The fourth-order valence-corrected chi connectivity index (χ4v) is 3.90. The molecule has 34 heavy (non-hydrogen) atoms. The number of halogens is 3. The number of ether oxygens (including phenoxy) is 1. The summed E-state index contributed by atoms with van der Waals surface area (Å²) in [5, 5.41) is 0. The summed E-state index contributed by atoms with van der Waals surface area (Å²) < 4.78 is 49.1. The van der Waals surface area contributed by atoms with Crippen molar-refractivity contribution in [2.24, 2.45) is 0 Å². The summed E-state index contributed by atoms with van der Waals surface area (Å²) in [5.74, 6) is -2.05. The van der Waals surface area contributed by atoms with Crippen LogP contribution in [0.2, 0.25) is 0 Å². The van der Waals surface area contributed by atoms with Gasteiger partial charge in [-0.1, -0.05) is 97.6 Å². The highest BCUT2D eigenvalue weighted by Gasteiger charge is 2.27. The van der Waals surface area contributed by atoms with Crippen molar-refractivity contribution in [1.29, 1.82) is 0 Å². The van der Waals surface area contributed by atoms with E-state index in [0.29, 0.717) is 23.3 Å². The average Bonchev–Trinajstić information content (AvgIpc) is 3.70. The van der Waals surface area contributed by atoms with Crippen molar-refractivity contribution in [3.8, 4) is 22.3 Å². The Morgan fingerprint density at radius 1 is 0.676 bits per heavy atom. The molecule has 1 nitrogen and oxygen atoms in total. The minimum absolute atomic E-state index is 0.123. The molecule has 0 saturated carbocycles. The largest absolute Gasteiger partial charge is 0.368 e.